The zero-order valence-electron chi connectivity index (χ0n) is 11.7. The molecule has 102 valence electrons. The third-order valence-electron chi connectivity index (χ3n) is 2.98. The Bertz CT molecular complexity index is 322. The molecule has 0 spiro atoms. The van der Waals surface area contributed by atoms with E-state index in [0.29, 0.717) is 6.04 Å². The van der Waals surface area contributed by atoms with Crippen LogP contribution in [-0.2, 0) is 6.42 Å². The Balaban J connectivity index is 2.13. The molecule has 0 aliphatic rings. The topological polar surface area (TPSA) is 15.3 Å². The third kappa shape index (κ3) is 6.72. The fourth-order valence-electron chi connectivity index (χ4n) is 1.95. The van der Waals surface area contributed by atoms with Crippen LogP contribution >= 0.6 is 0 Å². The van der Waals surface area contributed by atoms with Gasteiger partial charge in [0.05, 0.1) is 0 Å². The van der Waals surface area contributed by atoms with Crippen LogP contribution in [0.25, 0.3) is 0 Å². The molecule has 0 fully saturated rings. The zero-order chi connectivity index (χ0) is 13.4. The number of nitrogens with zero attached hydrogens (tertiary/aromatic N) is 1. The van der Waals surface area contributed by atoms with Crippen LogP contribution in [-0.4, -0.2) is 38.1 Å². The van der Waals surface area contributed by atoms with Gasteiger partial charge in [-0.25, -0.2) is 4.39 Å². The summed E-state index contributed by atoms with van der Waals surface area (Å²) in [7, 11) is 4.20. The van der Waals surface area contributed by atoms with Crippen molar-refractivity contribution in [3.05, 3.63) is 35.6 Å². The van der Waals surface area contributed by atoms with Crippen LogP contribution in [0.1, 0.15) is 25.3 Å². The van der Waals surface area contributed by atoms with Crippen molar-refractivity contribution >= 4 is 0 Å². The van der Waals surface area contributed by atoms with E-state index < -0.39 is 0 Å². The van der Waals surface area contributed by atoms with Gasteiger partial charge < -0.3 is 10.2 Å². The van der Waals surface area contributed by atoms with Crippen molar-refractivity contribution in [1.29, 1.82) is 0 Å². The number of hydrogen-bond donors (Lipinski definition) is 1. The number of halogens is 1. The van der Waals surface area contributed by atoms with Crippen LogP contribution in [0, 0.1) is 5.82 Å². The van der Waals surface area contributed by atoms with E-state index in [1.165, 1.54) is 30.5 Å². The quantitative estimate of drug-likeness (QED) is 0.716. The monoisotopic (exact) mass is 252 g/mol. The van der Waals surface area contributed by atoms with Crippen molar-refractivity contribution in [2.45, 2.75) is 32.2 Å². The van der Waals surface area contributed by atoms with Crippen LogP contribution in [0.15, 0.2) is 24.3 Å². The molecule has 2 nitrogen and oxygen atoms in total. The van der Waals surface area contributed by atoms with Gasteiger partial charge in [-0.15, -0.1) is 0 Å². The highest BCUT2D eigenvalue weighted by atomic mass is 19.1. The fraction of sp³-hybridized carbons (Fsp3) is 0.600. The highest BCUT2D eigenvalue weighted by Crippen LogP contribution is 2.05. The second kappa shape index (κ2) is 8.22. The summed E-state index contributed by atoms with van der Waals surface area (Å²) in [5.41, 5.74) is 1.18. The van der Waals surface area contributed by atoms with Crippen molar-refractivity contribution in [3.63, 3.8) is 0 Å². The summed E-state index contributed by atoms with van der Waals surface area (Å²) in [4.78, 5) is 2.21. The number of nitrogens with one attached hydrogen (secondary N) is 1. The standard InChI is InChI=1S/C15H25FN2/c1-13(17-10-4-5-11-18(2)3)12-14-6-8-15(16)9-7-14/h6-9,13,17H,4-5,10-12H2,1-3H3. The van der Waals surface area contributed by atoms with Gasteiger partial charge in [-0.05, 0) is 71.1 Å². The minimum Gasteiger partial charge on any atom is -0.314 e. The molecule has 1 aromatic rings. The summed E-state index contributed by atoms with van der Waals surface area (Å²) in [6, 6.07) is 7.21. The lowest BCUT2D eigenvalue weighted by molar-refractivity contribution is 0.388. The predicted molar refractivity (Wildman–Crippen MR) is 75.4 cm³/mol. The van der Waals surface area contributed by atoms with Crippen molar-refractivity contribution in [3.8, 4) is 0 Å². The second-order valence-electron chi connectivity index (χ2n) is 5.20. The van der Waals surface area contributed by atoms with Crippen LogP contribution in [0.2, 0.25) is 0 Å². The zero-order valence-corrected chi connectivity index (χ0v) is 11.7. The van der Waals surface area contributed by atoms with Crippen molar-refractivity contribution < 1.29 is 4.39 Å². The molecule has 1 unspecified atom stereocenters. The Hall–Kier alpha value is -0.930. The number of hydrogen-bond acceptors (Lipinski definition) is 2. The van der Waals surface area contributed by atoms with Crippen molar-refractivity contribution in [2.75, 3.05) is 27.2 Å². The summed E-state index contributed by atoms with van der Waals surface area (Å²) >= 11 is 0. The molecule has 0 saturated heterocycles. The average Bonchev–Trinajstić information content (AvgIpc) is 2.31. The van der Waals surface area contributed by atoms with E-state index in [4.69, 9.17) is 0 Å². The smallest absolute Gasteiger partial charge is 0.123 e. The molecule has 0 aliphatic heterocycles. The van der Waals surface area contributed by atoms with E-state index in [9.17, 15) is 4.39 Å². The molecule has 0 aromatic heterocycles. The van der Waals surface area contributed by atoms with E-state index in [-0.39, 0.29) is 5.82 Å². The molecule has 1 atom stereocenters. The molecule has 1 rings (SSSR count). The largest absolute Gasteiger partial charge is 0.314 e. The third-order valence-corrected chi connectivity index (χ3v) is 2.98. The van der Waals surface area contributed by atoms with Gasteiger partial charge in [0.1, 0.15) is 5.82 Å². The first-order valence-corrected chi connectivity index (χ1v) is 6.70. The van der Waals surface area contributed by atoms with Gasteiger partial charge >= 0.3 is 0 Å². The Morgan fingerprint density at radius 1 is 1.17 bits per heavy atom. The van der Waals surface area contributed by atoms with Crippen molar-refractivity contribution in [1.82, 2.24) is 10.2 Å². The van der Waals surface area contributed by atoms with Crippen molar-refractivity contribution in [2.24, 2.45) is 0 Å². The molecule has 0 heterocycles. The number of rotatable bonds is 8. The Labute approximate surface area is 110 Å². The van der Waals surface area contributed by atoms with Gasteiger partial charge in [0.15, 0.2) is 0 Å². The molecule has 0 radical (unpaired) electrons. The minimum atomic E-state index is -0.164. The molecule has 0 amide bonds. The van der Waals surface area contributed by atoms with E-state index in [2.05, 4.69) is 31.2 Å². The van der Waals surface area contributed by atoms with Crippen LogP contribution in [0.4, 0.5) is 4.39 Å². The van der Waals surface area contributed by atoms with E-state index in [1.54, 1.807) is 0 Å². The molecule has 1 N–H and O–H groups in total. The fourth-order valence-corrected chi connectivity index (χ4v) is 1.95. The Morgan fingerprint density at radius 2 is 1.83 bits per heavy atom. The lowest BCUT2D eigenvalue weighted by atomic mass is 10.1. The molecule has 1 aromatic carbocycles. The van der Waals surface area contributed by atoms with E-state index in [1.807, 2.05) is 12.1 Å². The summed E-state index contributed by atoms with van der Waals surface area (Å²) in [6.45, 7) is 4.37. The van der Waals surface area contributed by atoms with Gasteiger partial charge in [-0.1, -0.05) is 12.1 Å². The number of unbranched alkanes of at least 4 members (excludes halogenated alkanes) is 1. The molecule has 0 saturated carbocycles. The van der Waals surface area contributed by atoms with Gasteiger partial charge in [-0.2, -0.15) is 0 Å². The first kappa shape index (κ1) is 15.1. The summed E-state index contributed by atoms with van der Waals surface area (Å²) in [5.74, 6) is -0.164. The maximum absolute atomic E-state index is 12.8. The summed E-state index contributed by atoms with van der Waals surface area (Å²) < 4.78 is 12.8. The van der Waals surface area contributed by atoms with E-state index >= 15 is 0 Å². The maximum atomic E-state index is 12.8. The second-order valence-corrected chi connectivity index (χ2v) is 5.20. The summed E-state index contributed by atoms with van der Waals surface area (Å²) in [6.07, 6.45) is 3.38. The SMILES string of the molecule is CC(Cc1ccc(F)cc1)NCCCCN(C)C. The molecular formula is C15H25FN2. The molecule has 0 bridgehead atoms. The highest BCUT2D eigenvalue weighted by molar-refractivity contribution is 5.16. The predicted octanol–water partition coefficient (Wildman–Crippen LogP) is 2.69. The van der Waals surface area contributed by atoms with Crippen LogP contribution in [0.3, 0.4) is 0 Å². The van der Waals surface area contributed by atoms with Crippen LogP contribution < -0.4 is 5.32 Å². The average molecular weight is 252 g/mol. The molecular weight excluding hydrogens is 227 g/mol. The van der Waals surface area contributed by atoms with Gasteiger partial charge in [0.25, 0.3) is 0 Å². The first-order valence-electron chi connectivity index (χ1n) is 6.70. The number of benzene rings is 1. The molecule has 18 heavy (non-hydrogen) atoms. The lowest BCUT2D eigenvalue weighted by Crippen LogP contribution is -2.29. The Morgan fingerprint density at radius 3 is 2.44 bits per heavy atom. The highest BCUT2D eigenvalue weighted by Gasteiger charge is 2.02. The van der Waals surface area contributed by atoms with Gasteiger partial charge in [0.2, 0.25) is 0 Å². The van der Waals surface area contributed by atoms with Gasteiger partial charge in [-0.3, -0.25) is 0 Å². The van der Waals surface area contributed by atoms with E-state index in [0.717, 1.165) is 19.5 Å². The summed E-state index contributed by atoms with van der Waals surface area (Å²) in [5, 5.41) is 3.51. The maximum Gasteiger partial charge on any atom is 0.123 e. The molecule has 0 aliphatic carbocycles. The van der Waals surface area contributed by atoms with Crippen LogP contribution in [0.5, 0.6) is 0 Å². The first-order chi connectivity index (χ1) is 8.58. The lowest BCUT2D eigenvalue weighted by Gasteiger charge is -2.14. The Kier molecular flexibility index (Phi) is 6.91. The molecule has 3 heteroatoms. The van der Waals surface area contributed by atoms with Gasteiger partial charge in [0, 0.05) is 6.04 Å². The minimum absolute atomic E-state index is 0.164. The normalized spacial score (nSPS) is 12.9.